The van der Waals surface area contributed by atoms with Crippen LogP contribution in [0.25, 0.3) is 0 Å². The second kappa shape index (κ2) is 4.28. The third-order valence-electron chi connectivity index (χ3n) is 3.71. The number of hydrogen-bond donors (Lipinski definition) is 0. The van der Waals surface area contributed by atoms with Crippen molar-refractivity contribution in [2.45, 2.75) is 31.6 Å². The van der Waals surface area contributed by atoms with Crippen molar-refractivity contribution in [3.63, 3.8) is 0 Å². The molecule has 0 saturated heterocycles. The minimum Gasteiger partial charge on any atom is -0.241 e. The smallest absolute Gasteiger partial charge is 0.211 e. The molecule has 5 nitrogen and oxygen atoms in total. The van der Waals surface area contributed by atoms with Crippen LogP contribution in [0.15, 0.2) is 6.33 Å². The quantitative estimate of drug-likeness (QED) is 0.792. The van der Waals surface area contributed by atoms with Crippen molar-refractivity contribution in [3.8, 4) is 0 Å². The first-order valence-electron chi connectivity index (χ1n) is 6.33. The summed E-state index contributed by atoms with van der Waals surface area (Å²) in [5.41, 5.74) is 3.40. The number of hydrogen-bond acceptors (Lipinski definition) is 4. The molecule has 1 saturated carbocycles. The Morgan fingerprint density at radius 1 is 1.22 bits per heavy atom. The van der Waals surface area contributed by atoms with Crippen LogP contribution in [0.5, 0.6) is 0 Å². The van der Waals surface area contributed by atoms with Crippen molar-refractivity contribution in [1.82, 2.24) is 14.3 Å². The normalized spacial score (nSPS) is 21.4. The Balaban J connectivity index is 1.91. The van der Waals surface area contributed by atoms with Crippen LogP contribution in [-0.4, -0.2) is 42.0 Å². The van der Waals surface area contributed by atoms with Gasteiger partial charge in [0.2, 0.25) is 10.0 Å². The largest absolute Gasteiger partial charge is 0.241 e. The van der Waals surface area contributed by atoms with E-state index >= 15 is 0 Å². The van der Waals surface area contributed by atoms with Gasteiger partial charge < -0.3 is 0 Å². The zero-order chi connectivity index (χ0) is 12.8. The first-order chi connectivity index (χ1) is 8.55. The number of fused-ring (bicyclic) bond motifs is 1. The molecule has 18 heavy (non-hydrogen) atoms. The molecule has 0 radical (unpaired) electrons. The van der Waals surface area contributed by atoms with Crippen molar-refractivity contribution in [1.29, 1.82) is 0 Å². The van der Waals surface area contributed by atoms with E-state index in [1.807, 2.05) is 0 Å². The lowest BCUT2D eigenvalue weighted by atomic mass is 10.0. The highest BCUT2D eigenvalue weighted by atomic mass is 32.2. The summed E-state index contributed by atoms with van der Waals surface area (Å²) in [5.74, 6) is 0.589. The summed E-state index contributed by atoms with van der Waals surface area (Å²) in [7, 11) is -3.10. The van der Waals surface area contributed by atoms with Crippen LogP contribution in [0.4, 0.5) is 0 Å². The second-order valence-electron chi connectivity index (χ2n) is 5.12. The lowest BCUT2D eigenvalue weighted by Gasteiger charge is -2.16. The molecule has 1 aliphatic heterocycles. The number of aromatic nitrogens is 2. The van der Waals surface area contributed by atoms with Gasteiger partial charge in [-0.3, -0.25) is 0 Å². The monoisotopic (exact) mass is 267 g/mol. The van der Waals surface area contributed by atoms with Crippen LogP contribution >= 0.6 is 0 Å². The molecule has 3 rings (SSSR count). The van der Waals surface area contributed by atoms with Crippen LogP contribution in [-0.2, 0) is 22.9 Å². The van der Waals surface area contributed by atoms with Crippen LogP contribution in [0.2, 0.25) is 0 Å². The molecule has 0 aromatic carbocycles. The molecule has 0 atom stereocenters. The van der Waals surface area contributed by atoms with E-state index in [0.29, 0.717) is 25.4 Å². The molecule has 0 unspecified atom stereocenters. The zero-order valence-corrected chi connectivity index (χ0v) is 11.3. The predicted octanol–water partition coefficient (Wildman–Crippen LogP) is 0.714. The van der Waals surface area contributed by atoms with E-state index in [-0.39, 0.29) is 0 Å². The lowest BCUT2D eigenvalue weighted by Crippen LogP contribution is -2.32. The lowest BCUT2D eigenvalue weighted by molar-refractivity contribution is 0.430. The Labute approximate surface area is 107 Å². The van der Waals surface area contributed by atoms with E-state index in [1.165, 1.54) is 24.7 Å². The fourth-order valence-corrected chi connectivity index (χ4v) is 3.42. The van der Waals surface area contributed by atoms with Crippen molar-refractivity contribution >= 4 is 10.0 Å². The average molecular weight is 267 g/mol. The molecule has 6 heteroatoms. The Morgan fingerprint density at radius 2 is 1.94 bits per heavy atom. The van der Waals surface area contributed by atoms with Gasteiger partial charge in [0.05, 0.1) is 11.9 Å². The van der Waals surface area contributed by atoms with E-state index in [2.05, 4.69) is 9.97 Å². The Morgan fingerprint density at radius 3 is 2.61 bits per heavy atom. The molecule has 1 aliphatic carbocycles. The highest BCUT2D eigenvalue weighted by molar-refractivity contribution is 7.88. The maximum atomic E-state index is 11.6. The highest BCUT2D eigenvalue weighted by Crippen LogP contribution is 2.41. The summed E-state index contributed by atoms with van der Waals surface area (Å²) in [6.07, 6.45) is 6.76. The molecular formula is C12H17N3O2S. The summed E-state index contributed by atoms with van der Waals surface area (Å²) >= 11 is 0. The minimum absolute atomic E-state index is 0.535. The molecular weight excluding hydrogens is 250 g/mol. The molecule has 98 valence electrons. The fourth-order valence-electron chi connectivity index (χ4n) is 2.57. The summed E-state index contributed by atoms with van der Waals surface area (Å²) < 4.78 is 24.8. The van der Waals surface area contributed by atoms with Gasteiger partial charge in [0, 0.05) is 31.1 Å². The predicted molar refractivity (Wildman–Crippen MR) is 67.8 cm³/mol. The molecule has 0 N–H and O–H groups in total. The van der Waals surface area contributed by atoms with Gasteiger partial charge in [0.15, 0.2) is 0 Å². The van der Waals surface area contributed by atoms with Gasteiger partial charge in [-0.15, -0.1) is 0 Å². The average Bonchev–Trinajstić information content (AvgIpc) is 3.13. The second-order valence-corrected chi connectivity index (χ2v) is 7.10. The van der Waals surface area contributed by atoms with Gasteiger partial charge in [-0.1, -0.05) is 0 Å². The molecule has 1 aromatic rings. The molecule has 0 amide bonds. The summed E-state index contributed by atoms with van der Waals surface area (Å²) in [6, 6.07) is 0. The van der Waals surface area contributed by atoms with Crippen LogP contribution in [0.1, 0.15) is 35.7 Å². The number of sulfonamides is 1. The van der Waals surface area contributed by atoms with Gasteiger partial charge >= 0.3 is 0 Å². The van der Waals surface area contributed by atoms with Crippen molar-refractivity contribution in [2.24, 2.45) is 0 Å². The van der Waals surface area contributed by atoms with Crippen molar-refractivity contribution < 1.29 is 8.42 Å². The van der Waals surface area contributed by atoms with Crippen LogP contribution in [0, 0.1) is 0 Å². The first kappa shape index (κ1) is 12.0. The maximum Gasteiger partial charge on any atom is 0.211 e. The van der Waals surface area contributed by atoms with E-state index in [1.54, 1.807) is 10.6 Å². The topological polar surface area (TPSA) is 63.2 Å². The van der Waals surface area contributed by atoms with Gasteiger partial charge in [-0.2, -0.15) is 0 Å². The summed E-state index contributed by atoms with van der Waals surface area (Å²) in [5, 5.41) is 0. The number of rotatable bonds is 2. The minimum atomic E-state index is -3.10. The van der Waals surface area contributed by atoms with Gasteiger partial charge in [-0.05, 0) is 24.8 Å². The standard InChI is InChI=1S/C12H17N3O2S/c1-18(16,17)15-6-4-10-11(5-7-15)13-8-14-12(10)9-2-3-9/h8-9H,2-7H2,1H3. The van der Waals surface area contributed by atoms with Gasteiger partial charge in [-0.25, -0.2) is 22.7 Å². The number of nitrogens with zero attached hydrogens (tertiary/aromatic N) is 3. The molecule has 1 aromatic heterocycles. The molecule has 2 aliphatic rings. The van der Waals surface area contributed by atoms with E-state index in [4.69, 9.17) is 0 Å². The van der Waals surface area contributed by atoms with Crippen molar-refractivity contribution in [3.05, 3.63) is 23.3 Å². The van der Waals surface area contributed by atoms with Crippen LogP contribution in [0.3, 0.4) is 0 Å². The Kier molecular flexibility index (Phi) is 2.86. The fraction of sp³-hybridized carbons (Fsp3) is 0.667. The van der Waals surface area contributed by atoms with E-state index in [0.717, 1.165) is 17.8 Å². The summed E-state index contributed by atoms with van der Waals surface area (Å²) in [4.78, 5) is 8.74. The summed E-state index contributed by atoms with van der Waals surface area (Å²) in [6.45, 7) is 1.09. The van der Waals surface area contributed by atoms with E-state index in [9.17, 15) is 8.42 Å². The molecule has 1 fully saturated rings. The first-order valence-corrected chi connectivity index (χ1v) is 8.18. The van der Waals surface area contributed by atoms with Crippen LogP contribution < -0.4 is 0 Å². The third-order valence-corrected chi connectivity index (χ3v) is 5.01. The van der Waals surface area contributed by atoms with Crippen molar-refractivity contribution in [2.75, 3.05) is 19.3 Å². The third kappa shape index (κ3) is 2.27. The van der Waals surface area contributed by atoms with Gasteiger partial charge in [0.25, 0.3) is 0 Å². The Hall–Kier alpha value is -1.01. The van der Waals surface area contributed by atoms with Gasteiger partial charge in [0.1, 0.15) is 6.33 Å². The zero-order valence-electron chi connectivity index (χ0n) is 10.5. The van der Waals surface area contributed by atoms with E-state index < -0.39 is 10.0 Å². The maximum absolute atomic E-state index is 11.6. The highest BCUT2D eigenvalue weighted by Gasteiger charge is 2.31. The molecule has 2 heterocycles. The molecule has 0 spiro atoms. The molecule has 0 bridgehead atoms. The SMILES string of the molecule is CS(=O)(=O)N1CCc2ncnc(C3CC3)c2CC1. The Bertz CT molecular complexity index is 567.